The normalized spacial score (nSPS) is 25.6. The zero-order valence-electron chi connectivity index (χ0n) is 11.3. The van der Waals surface area contributed by atoms with Gasteiger partial charge in [0.2, 0.25) is 5.91 Å². The predicted molar refractivity (Wildman–Crippen MR) is 71.2 cm³/mol. The van der Waals surface area contributed by atoms with Gasteiger partial charge in [0.05, 0.1) is 6.42 Å². The van der Waals surface area contributed by atoms with Crippen molar-refractivity contribution in [1.29, 1.82) is 0 Å². The molecule has 1 unspecified atom stereocenters. The molecule has 1 aromatic rings. The Bertz CT molecular complexity index is 506. The van der Waals surface area contributed by atoms with Crippen LogP contribution in [-0.2, 0) is 11.2 Å². The van der Waals surface area contributed by atoms with E-state index in [0.717, 1.165) is 25.9 Å². The smallest absolute Gasteiger partial charge is 0.227 e. The minimum absolute atomic E-state index is 0.122. The van der Waals surface area contributed by atoms with Crippen molar-refractivity contribution in [2.45, 2.75) is 19.3 Å². The van der Waals surface area contributed by atoms with Crippen molar-refractivity contribution in [2.75, 3.05) is 26.2 Å². The number of carbonyl (C=O) groups excluding carboxylic acids is 1. The summed E-state index contributed by atoms with van der Waals surface area (Å²) >= 11 is 0. The van der Waals surface area contributed by atoms with Crippen molar-refractivity contribution in [3.8, 4) is 0 Å². The summed E-state index contributed by atoms with van der Waals surface area (Å²) in [5.41, 5.74) is 0.0617. The van der Waals surface area contributed by atoms with E-state index in [9.17, 15) is 13.6 Å². The second-order valence-electron chi connectivity index (χ2n) is 5.87. The van der Waals surface area contributed by atoms with Gasteiger partial charge < -0.3 is 10.2 Å². The SMILES string of the molecule is O=C(Cc1c(F)cccc1F)N1CCC2(CCNC2)C1. The van der Waals surface area contributed by atoms with Gasteiger partial charge in [0.1, 0.15) is 11.6 Å². The van der Waals surface area contributed by atoms with Crippen LogP contribution in [0, 0.1) is 17.0 Å². The molecule has 2 aliphatic rings. The van der Waals surface area contributed by atoms with Gasteiger partial charge in [0.25, 0.3) is 0 Å². The molecular formula is C15H18F2N2O. The van der Waals surface area contributed by atoms with E-state index < -0.39 is 11.6 Å². The first kappa shape index (κ1) is 13.5. The van der Waals surface area contributed by atoms with Crippen LogP contribution in [0.5, 0.6) is 0 Å². The Labute approximate surface area is 117 Å². The highest BCUT2D eigenvalue weighted by atomic mass is 19.1. The highest BCUT2D eigenvalue weighted by Crippen LogP contribution is 2.36. The Hall–Kier alpha value is -1.49. The fourth-order valence-corrected chi connectivity index (χ4v) is 3.26. The van der Waals surface area contributed by atoms with Crippen molar-refractivity contribution in [3.63, 3.8) is 0 Å². The van der Waals surface area contributed by atoms with E-state index in [4.69, 9.17) is 0 Å². The van der Waals surface area contributed by atoms with Gasteiger partial charge in [-0.25, -0.2) is 8.78 Å². The molecule has 2 heterocycles. The van der Waals surface area contributed by atoms with E-state index in [1.807, 2.05) is 0 Å². The minimum Gasteiger partial charge on any atom is -0.342 e. The third kappa shape index (κ3) is 2.42. The van der Waals surface area contributed by atoms with Crippen LogP contribution < -0.4 is 5.32 Å². The molecule has 0 radical (unpaired) electrons. The molecule has 2 fully saturated rings. The zero-order valence-corrected chi connectivity index (χ0v) is 11.3. The van der Waals surface area contributed by atoms with Gasteiger partial charge in [0, 0.05) is 30.6 Å². The Morgan fingerprint density at radius 3 is 2.70 bits per heavy atom. The minimum atomic E-state index is -0.644. The van der Waals surface area contributed by atoms with Crippen molar-refractivity contribution >= 4 is 5.91 Å². The number of nitrogens with zero attached hydrogens (tertiary/aromatic N) is 1. The summed E-state index contributed by atoms with van der Waals surface area (Å²) in [6.07, 6.45) is 1.86. The summed E-state index contributed by atoms with van der Waals surface area (Å²) in [5, 5.41) is 3.32. The first-order chi connectivity index (χ1) is 9.60. The molecule has 0 saturated carbocycles. The number of amides is 1. The fraction of sp³-hybridized carbons (Fsp3) is 0.533. The molecule has 0 aliphatic carbocycles. The molecule has 2 saturated heterocycles. The largest absolute Gasteiger partial charge is 0.342 e. The molecular weight excluding hydrogens is 262 g/mol. The first-order valence-electron chi connectivity index (χ1n) is 7.01. The number of carbonyl (C=O) groups is 1. The zero-order chi connectivity index (χ0) is 14.2. The standard InChI is InChI=1S/C15H18F2N2O/c16-12-2-1-3-13(17)11(12)8-14(20)19-7-5-15(10-19)4-6-18-9-15/h1-3,18H,4-10H2. The number of hydrogen-bond acceptors (Lipinski definition) is 2. The van der Waals surface area contributed by atoms with E-state index >= 15 is 0 Å². The van der Waals surface area contributed by atoms with Crippen molar-refractivity contribution < 1.29 is 13.6 Å². The summed E-state index contributed by atoms with van der Waals surface area (Å²) in [7, 11) is 0. The molecule has 1 atom stereocenters. The van der Waals surface area contributed by atoms with Crippen LogP contribution >= 0.6 is 0 Å². The van der Waals surface area contributed by atoms with Crippen molar-refractivity contribution in [2.24, 2.45) is 5.41 Å². The lowest BCUT2D eigenvalue weighted by Gasteiger charge is -2.23. The quantitative estimate of drug-likeness (QED) is 0.894. The maximum atomic E-state index is 13.6. The van der Waals surface area contributed by atoms with Crippen LogP contribution in [0.4, 0.5) is 8.78 Å². The summed E-state index contributed by atoms with van der Waals surface area (Å²) in [4.78, 5) is 14.0. The van der Waals surface area contributed by atoms with Crippen LogP contribution in [0.15, 0.2) is 18.2 Å². The molecule has 0 bridgehead atoms. The van der Waals surface area contributed by atoms with Crippen molar-refractivity contribution in [1.82, 2.24) is 10.2 Å². The molecule has 1 amide bonds. The third-order valence-corrected chi connectivity index (χ3v) is 4.51. The highest BCUT2D eigenvalue weighted by molar-refractivity contribution is 5.79. The van der Waals surface area contributed by atoms with Crippen LogP contribution in [0.1, 0.15) is 18.4 Å². The molecule has 2 aliphatic heterocycles. The van der Waals surface area contributed by atoms with E-state index in [-0.39, 0.29) is 23.3 Å². The monoisotopic (exact) mass is 280 g/mol. The summed E-state index contributed by atoms with van der Waals surface area (Å²) < 4.78 is 27.1. The number of rotatable bonds is 2. The average molecular weight is 280 g/mol. The lowest BCUT2D eigenvalue weighted by Crippen LogP contribution is -2.34. The Kier molecular flexibility index (Phi) is 3.46. The molecule has 3 nitrogen and oxygen atoms in total. The van der Waals surface area contributed by atoms with E-state index in [2.05, 4.69) is 5.32 Å². The second-order valence-corrected chi connectivity index (χ2v) is 5.87. The molecule has 1 spiro atoms. The molecule has 20 heavy (non-hydrogen) atoms. The van der Waals surface area contributed by atoms with Gasteiger partial charge in [-0.3, -0.25) is 4.79 Å². The van der Waals surface area contributed by atoms with Gasteiger partial charge in [-0.2, -0.15) is 0 Å². The maximum Gasteiger partial charge on any atom is 0.227 e. The molecule has 3 rings (SSSR count). The highest BCUT2D eigenvalue weighted by Gasteiger charge is 2.41. The summed E-state index contributed by atoms with van der Waals surface area (Å²) in [5.74, 6) is -1.47. The van der Waals surface area contributed by atoms with E-state index in [1.54, 1.807) is 4.90 Å². The van der Waals surface area contributed by atoms with Crippen LogP contribution in [0.3, 0.4) is 0 Å². The lowest BCUT2D eigenvalue weighted by molar-refractivity contribution is -0.129. The number of hydrogen-bond donors (Lipinski definition) is 1. The first-order valence-corrected chi connectivity index (χ1v) is 7.01. The predicted octanol–water partition coefficient (Wildman–Crippen LogP) is 1.72. The molecule has 108 valence electrons. The van der Waals surface area contributed by atoms with Gasteiger partial charge in [0.15, 0.2) is 0 Å². The topological polar surface area (TPSA) is 32.3 Å². The summed E-state index contributed by atoms with van der Waals surface area (Å²) in [6, 6.07) is 3.70. The number of likely N-dealkylation sites (tertiary alicyclic amines) is 1. The third-order valence-electron chi connectivity index (χ3n) is 4.51. The van der Waals surface area contributed by atoms with Crippen molar-refractivity contribution in [3.05, 3.63) is 35.4 Å². The number of benzene rings is 1. The summed E-state index contributed by atoms with van der Waals surface area (Å²) in [6.45, 7) is 3.32. The number of nitrogens with one attached hydrogen (secondary N) is 1. The lowest BCUT2D eigenvalue weighted by atomic mass is 9.86. The second kappa shape index (κ2) is 5.13. The molecule has 1 aromatic carbocycles. The number of halogens is 2. The Morgan fingerprint density at radius 1 is 1.30 bits per heavy atom. The molecule has 1 N–H and O–H groups in total. The Morgan fingerprint density at radius 2 is 2.05 bits per heavy atom. The maximum absolute atomic E-state index is 13.6. The Balaban J connectivity index is 1.68. The fourth-order valence-electron chi connectivity index (χ4n) is 3.26. The van der Waals surface area contributed by atoms with Gasteiger partial charge in [-0.05, 0) is 31.5 Å². The van der Waals surface area contributed by atoms with Gasteiger partial charge in [-0.1, -0.05) is 6.07 Å². The van der Waals surface area contributed by atoms with E-state index in [0.29, 0.717) is 13.1 Å². The van der Waals surface area contributed by atoms with Gasteiger partial charge in [-0.15, -0.1) is 0 Å². The van der Waals surface area contributed by atoms with Gasteiger partial charge >= 0.3 is 0 Å². The van der Waals surface area contributed by atoms with Crippen LogP contribution in [0.2, 0.25) is 0 Å². The van der Waals surface area contributed by atoms with E-state index in [1.165, 1.54) is 18.2 Å². The van der Waals surface area contributed by atoms with Crippen LogP contribution in [0.25, 0.3) is 0 Å². The van der Waals surface area contributed by atoms with Crippen LogP contribution in [-0.4, -0.2) is 37.0 Å². The molecule has 0 aromatic heterocycles. The molecule has 5 heteroatoms. The average Bonchev–Trinajstić information content (AvgIpc) is 3.05.